The normalized spacial score (nSPS) is 31.9. The van der Waals surface area contributed by atoms with Crippen molar-refractivity contribution in [3.8, 4) is 0 Å². The Balaban J connectivity index is 0.000000160. The number of hydrogen-bond donors (Lipinski definition) is 1. The number of nitrogens with zero attached hydrogens (tertiary/aromatic N) is 1. The number of hydrogen-bond acceptors (Lipinski definition) is 6. The molecule has 0 saturated carbocycles. The zero-order valence-corrected chi connectivity index (χ0v) is 11.1. The molecule has 0 aromatic heterocycles. The number of carbonyl (C=O) groups excluding carboxylic acids is 2. The molecule has 2 amide bonds. The van der Waals surface area contributed by atoms with Crippen molar-refractivity contribution >= 4 is 18.0 Å². The Morgan fingerprint density at radius 2 is 1.95 bits per heavy atom. The van der Waals surface area contributed by atoms with Gasteiger partial charge in [0.05, 0.1) is 19.1 Å². The van der Waals surface area contributed by atoms with E-state index in [4.69, 9.17) is 14.6 Å². The summed E-state index contributed by atoms with van der Waals surface area (Å²) < 4.78 is 15.0. The molecular formula is C12H17NO7. The van der Waals surface area contributed by atoms with Crippen LogP contribution in [0, 0.1) is 5.92 Å². The first kappa shape index (κ1) is 14.7. The van der Waals surface area contributed by atoms with Crippen molar-refractivity contribution in [1.29, 1.82) is 0 Å². The van der Waals surface area contributed by atoms with Gasteiger partial charge in [-0.05, 0) is 6.42 Å². The van der Waals surface area contributed by atoms with Crippen LogP contribution in [0.5, 0.6) is 0 Å². The van der Waals surface area contributed by atoms with Gasteiger partial charge in [0.2, 0.25) is 11.8 Å². The lowest BCUT2D eigenvalue weighted by Gasteiger charge is -2.12. The van der Waals surface area contributed by atoms with Crippen molar-refractivity contribution in [3.63, 3.8) is 0 Å². The molecule has 3 heterocycles. The number of rotatable bonds is 1. The maximum Gasteiger partial charge on any atom is 0.506 e. The van der Waals surface area contributed by atoms with Crippen LogP contribution in [-0.4, -0.2) is 60.6 Å². The second kappa shape index (κ2) is 6.19. The van der Waals surface area contributed by atoms with Crippen molar-refractivity contribution in [2.45, 2.75) is 31.7 Å². The van der Waals surface area contributed by atoms with Gasteiger partial charge in [-0.2, -0.15) is 0 Å². The maximum absolute atomic E-state index is 10.5. The van der Waals surface area contributed by atoms with E-state index in [0.717, 1.165) is 6.42 Å². The molecule has 3 aliphatic rings. The molecule has 3 atom stereocenters. The van der Waals surface area contributed by atoms with E-state index in [1.54, 1.807) is 0 Å². The number of amides is 2. The SMILES string of the molecule is CN1C(=O)CCC1=O.O=C(O)O[C@H]1CO[C@H]2OCC[C@H]21. The number of ether oxygens (including phenoxy) is 3. The van der Waals surface area contributed by atoms with Gasteiger partial charge in [-0.15, -0.1) is 0 Å². The lowest BCUT2D eigenvalue weighted by molar-refractivity contribution is -0.136. The molecule has 0 aromatic rings. The Bertz CT molecular complexity index is 395. The van der Waals surface area contributed by atoms with E-state index < -0.39 is 6.16 Å². The molecule has 20 heavy (non-hydrogen) atoms. The van der Waals surface area contributed by atoms with Gasteiger partial charge in [-0.3, -0.25) is 14.5 Å². The molecule has 1 N–H and O–H groups in total. The van der Waals surface area contributed by atoms with Crippen LogP contribution < -0.4 is 0 Å². The second-order valence-corrected chi connectivity index (χ2v) is 4.79. The Labute approximate surface area is 115 Å². The summed E-state index contributed by atoms with van der Waals surface area (Å²) in [6.07, 6.45) is -0.201. The molecule has 3 rings (SSSR count). The van der Waals surface area contributed by atoms with E-state index in [9.17, 15) is 14.4 Å². The third-order valence-electron chi connectivity index (χ3n) is 3.54. The fraction of sp³-hybridized carbons (Fsp3) is 0.750. The molecule has 3 fully saturated rings. The highest BCUT2D eigenvalue weighted by Gasteiger charge is 2.43. The summed E-state index contributed by atoms with van der Waals surface area (Å²) in [4.78, 5) is 32.4. The molecule has 0 bridgehead atoms. The zero-order chi connectivity index (χ0) is 14.7. The molecule has 8 nitrogen and oxygen atoms in total. The number of carbonyl (C=O) groups is 3. The molecule has 8 heteroatoms. The van der Waals surface area contributed by atoms with Crippen molar-refractivity contribution in [2.75, 3.05) is 20.3 Å². The van der Waals surface area contributed by atoms with Gasteiger partial charge in [0.1, 0.15) is 6.10 Å². The number of imide groups is 1. The summed E-state index contributed by atoms with van der Waals surface area (Å²) in [6, 6.07) is 0. The molecule has 3 saturated heterocycles. The maximum atomic E-state index is 10.5. The predicted molar refractivity (Wildman–Crippen MR) is 63.7 cm³/mol. The van der Waals surface area contributed by atoms with Crippen LogP contribution in [0.15, 0.2) is 0 Å². The Hall–Kier alpha value is -1.67. The third-order valence-corrected chi connectivity index (χ3v) is 3.54. The van der Waals surface area contributed by atoms with Gasteiger partial charge in [0.25, 0.3) is 0 Å². The van der Waals surface area contributed by atoms with Gasteiger partial charge >= 0.3 is 6.16 Å². The number of likely N-dealkylation sites (tertiary alicyclic amines) is 1. The molecule has 0 unspecified atom stereocenters. The number of fused-ring (bicyclic) bond motifs is 1. The van der Waals surface area contributed by atoms with E-state index in [2.05, 4.69) is 4.74 Å². The summed E-state index contributed by atoms with van der Waals surface area (Å²) in [5, 5.41) is 8.38. The Morgan fingerprint density at radius 3 is 2.45 bits per heavy atom. The number of carboxylic acid groups (broad SMARTS) is 1. The first-order valence-corrected chi connectivity index (χ1v) is 6.41. The van der Waals surface area contributed by atoms with Crippen LogP contribution in [0.1, 0.15) is 19.3 Å². The Morgan fingerprint density at radius 1 is 1.30 bits per heavy atom. The molecule has 3 aliphatic heterocycles. The first-order valence-electron chi connectivity index (χ1n) is 6.41. The van der Waals surface area contributed by atoms with Gasteiger partial charge in [0.15, 0.2) is 6.29 Å². The average Bonchev–Trinajstić information content (AvgIpc) is 3.06. The summed E-state index contributed by atoms with van der Waals surface area (Å²) >= 11 is 0. The fourth-order valence-electron chi connectivity index (χ4n) is 2.37. The first-order chi connectivity index (χ1) is 9.49. The lowest BCUT2D eigenvalue weighted by Crippen LogP contribution is -2.25. The van der Waals surface area contributed by atoms with Gasteiger partial charge in [-0.25, -0.2) is 4.79 Å². The molecule has 0 spiro atoms. The third kappa shape index (κ3) is 3.26. The van der Waals surface area contributed by atoms with Gasteiger partial charge in [0, 0.05) is 19.9 Å². The van der Waals surface area contributed by atoms with Crippen molar-refractivity contribution in [2.24, 2.45) is 5.92 Å². The minimum Gasteiger partial charge on any atom is -0.450 e. The largest absolute Gasteiger partial charge is 0.506 e. The van der Waals surface area contributed by atoms with Crippen molar-refractivity contribution < 1.29 is 33.7 Å². The Kier molecular flexibility index (Phi) is 4.56. The molecule has 112 valence electrons. The summed E-state index contributed by atoms with van der Waals surface area (Å²) in [5.74, 6) is -0.0221. The summed E-state index contributed by atoms with van der Waals surface area (Å²) in [5.41, 5.74) is 0. The minimum absolute atomic E-state index is 0.0602. The van der Waals surface area contributed by atoms with E-state index >= 15 is 0 Å². The van der Waals surface area contributed by atoms with E-state index in [0.29, 0.717) is 26.1 Å². The van der Waals surface area contributed by atoms with Crippen LogP contribution in [0.2, 0.25) is 0 Å². The minimum atomic E-state index is -1.24. The van der Waals surface area contributed by atoms with Crippen molar-refractivity contribution in [1.82, 2.24) is 4.90 Å². The average molecular weight is 287 g/mol. The van der Waals surface area contributed by atoms with E-state index in [-0.39, 0.29) is 30.1 Å². The van der Waals surface area contributed by atoms with E-state index in [1.807, 2.05) is 0 Å². The lowest BCUT2D eigenvalue weighted by atomic mass is 10.0. The van der Waals surface area contributed by atoms with E-state index in [1.165, 1.54) is 11.9 Å². The monoisotopic (exact) mass is 287 g/mol. The van der Waals surface area contributed by atoms with Crippen LogP contribution >= 0.6 is 0 Å². The smallest absolute Gasteiger partial charge is 0.450 e. The molecule has 0 aliphatic carbocycles. The standard InChI is InChI=1S/C7H10O5.C5H7NO2/c8-7(9)12-5-3-11-6-4(5)1-2-10-6;1-6-4(7)2-3-5(6)8/h4-6H,1-3H2,(H,8,9);2-3H2,1H3/t4-,5-,6+;/m0./s1. The fourth-order valence-corrected chi connectivity index (χ4v) is 2.37. The highest BCUT2D eigenvalue weighted by Crippen LogP contribution is 2.32. The molecular weight excluding hydrogens is 270 g/mol. The highest BCUT2D eigenvalue weighted by molar-refractivity contribution is 6.01. The summed E-state index contributed by atoms with van der Waals surface area (Å²) in [6.45, 7) is 0.955. The van der Waals surface area contributed by atoms with Crippen LogP contribution in [0.3, 0.4) is 0 Å². The topological polar surface area (TPSA) is 102 Å². The second-order valence-electron chi connectivity index (χ2n) is 4.79. The van der Waals surface area contributed by atoms with Crippen LogP contribution in [-0.2, 0) is 23.8 Å². The molecule has 0 radical (unpaired) electrons. The molecule has 0 aromatic carbocycles. The van der Waals surface area contributed by atoms with Gasteiger partial charge in [-0.1, -0.05) is 0 Å². The van der Waals surface area contributed by atoms with Gasteiger partial charge < -0.3 is 19.3 Å². The van der Waals surface area contributed by atoms with Crippen LogP contribution in [0.4, 0.5) is 4.79 Å². The van der Waals surface area contributed by atoms with Crippen molar-refractivity contribution in [3.05, 3.63) is 0 Å². The van der Waals surface area contributed by atoms with Crippen LogP contribution in [0.25, 0.3) is 0 Å². The quantitative estimate of drug-likeness (QED) is 0.543. The zero-order valence-electron chi connectivity index (χ0n) is 11.1. The predicted octanol–water partition coefficient (Wildman–Crippen LogP) is 0.208. The summed E-state index contributed by atoms with van der Waals surface area (Å²) in [7, 11) is 1.51. The highest BCUT2D eigenvalue weighted by atomic mass is 16.7.